The van der Waals surface area contributed by atoms with E-state index < -0.39 is 0 Å². The molecule has 0 fully saturated rings. The van der Waals surface area contributed by atoms with E-state index in [4.69, 9.17) is 5.73 Å². The quantitative estimate of drug-likeness (QED) is 0.757. The minimum absolute atomic E-state index is 0.555. The zero-order chi connectivity index (χ0) is 11.8. The van der Waals surface area contributed by atoms with Gasteiger partial charge in [-0.3, -0.25) is 0 Å². The van der Waals surface area contributed by atoms with E-state index in [-0.39, 0.29) is 0 Å². The molecule has 1 aromatic heterocycles. The van der Waals surface area contributed by atoms with E-state index in [0.29, 0.717) is 6.04 Å². The summed E-state index contributed by atoms with van der Waals surface area (Å²) < 4.78 is 0. The molecule has 3 heteroatoms. The molecule has 1 aromatic rings. The molecular weight excluding hydrogens is 216 g/mol. The molecule has 1 rings (SSSR count). The van der Waals surface area contributed by atoms with Crippen LogP contribution in [0.2, 0.25) is 0 Å². The molecule has 2 nitrogen and oxygen atoms in total. The highest BCUT2D eigenvalue weighted by atomic mass is 32.1. The van der Waals surface area contributed by atoms with E-state index in [9.17, 15) is 0 Å². The van der Waals surface area contributed by atoms with Crippen LogP contribution in [0.25, 0.3) is 0 Å². The summed E-state index contributed by atoms with van der Waals surface area (Å²) in [4.78, 5) is 3.88. The van der Waals surface area contributed by atoms with E-state index in [2.05, 4.69) is 36.4 Å². The number of likely N-dealkylation sites (N-methyl/N-ethyl adjacent to an activating group) is 1. The summed E-state index contributed by atoms with van der Waals surface area (Å²) in [6.07, 6.45) is 4.92. The van der Waals surface area contributed by atoms with Gasteiger partial charge in [0.1, 0.15) is 0 Å². The fraction of sp³-hybridized carbons (Fsp3) is 0.692. The van der Waals surface area contributed by atoms with Gasteiger partial charge in [-0.05, 0) is 31.3 Å². The Balaban J connectivity index is 2.28. The molecule has 0 saturated carbocycles. The van der Waals surface area contributed by atoms with Gasteiger partial charge in [-0.2, -0.15) is 0 Å². The first-order valence-corrected chi connectivity index (χ1v) is 7.08. The van der Waals surface area contributed by atoms with E-state index >= 15 is 0 Å². The normalized spacial score (nSPS) is 13.2. The number of thiophene rings is 1. The monoisotopic (exact) mass is 240 g/mol. The summed E-state index contributed by atoms with van der Waals surface area (Å²) >= 11 is 1.84. The summed E-state index contributed by atoms with van der Waals surface area (Å²) in [5, 5.41) is 2.15. The smallest absolute Gasteiger partial charge is 0.0215 e. The molecule has 0 aliphatic heterocycles. The van der Waals surface area contributed by atoms with Gasteiger partial charge in [0.05, 0.1) is 0 Å². The maximum atomic E-state index is 5.82. The van der Waals surface area contributed by atoms with Crippen LogP contribution in [0.4, 0.5) is 0 Å². The van der Waals surface area contributed by atoms with Crippen LogP contribution in [0.3, 0.4) is 0 Å². The average Bonchev–Trinajstić information content (AvgIpc) is 2.80. The second-order valence-corrected chi connectivity index (χ2v) is 5.37. The number of nitrogens with two attached hydrogens (primary N) is 1. The van der Waals surface area contributed by atoms with Crippen molar-refractivity contribution in [3.05, 3.63) is 22.4 Å². The minimum Gasteiger partial charge on any atom is -0.329 e. The molecule has 0 bridgehead atoms. The van der Waals surface area contributed by atoms with Gasteiger partial charge in [-0.25, -0.2) is 0 Å². The Bertz CT molecular complexity index is 259. The van der Waals surface area contributed by atoms with Gasteiger partial charge in [0, 0.05) is 24.0 Å². The highest BCUT2D eigenvalue weighted by molar-refractivity contribution is 7.09. The van der Waals surface area contributed by atoms with Crippen LogP contribution in [0.5, 0.6) is 0 Å². The van der Waals surface area contributed by atoms with Crippen molar-refractivity contribution in [3.63, 3.8) is 0 Å². The number of hydrogen-bond donors (Lipinski definition) is 1. The first-order valence-electron chi connectivity index (χ1n) is 6.20. The van der Waals surface area contributed by atoms with Crippen LogP contribution in [0.15, 0.2) is 17.5 Å². The van der Waals surface area contributed by atoms with E-state index in [1.807, 2.05) is 11.3 Å². The second kappa shape index (κ2) is 7.82. The van der Waals surface area contributed by atoms with Gasteiger partial charge in [0.25, 0.3) is 0 Å². The van der Waals surface area contributed by atoms with Gasteiger partial charge in [-0.1, -0.05) is 25.8 Å². The van der Waals surface area contributed by atoms with Gasteiger partial charge in [-0.15, -0.1) is 11.3 Å². The molecule has 2 N–H and O–H groups in total. The Morgan fingerprint density at radius 3 is 2.88 bits per heavy atom. The predicted octanol–water partition coefficient (Wildman–Crippen LogP) is 2.74. The van der Waals surface area contributed by atoms with Crippen LogP contribution in [0, 0.1) is 0 Å². The highest BCUT2D eigenvalue weighted by Crippen LogP contribution is 2.11. The van der Waals surface area contributed by atoms with Gasteiger partial charge in [0.15, 0.2) is 0 Å². The molecule has 0 aliphatic carbocycles. The Kier molecular flexibility index (Phi) is 6.69. The third-order valence-corrected chi connectivity index (χ3v) is 4.01. The molecule has 0 aliphatic rings. The number of nitrogens with zero attached hydrogens (tertiary/aromatic N) is 1. The number of unbranched alkanes of at least 4 members (excludes halogenated alkanes) is 1. The summed E-state index contributed by atoms with van der Waals surface area (Å²) in [6.45, 7) is 4.13. The summed E-state index contributed by atoms with van der Waals surface area (Å²) in [7, 11) is 2.20. The lowest BCUT2D eigenvalue weighted by Crippen LogP contribution is -2.38. The van der Waals surface area contributed by atoms with Gasteiger partial charge < -0.3 is 10.6 Å². The van der Waals surface area contributed by atoms with Gasteiger partial charge >= 0.3 is 0 Å². The minimum atomic E-state index is 0.555. The predicted molar refractivity (Wildman–Crippen MR) is 73.0 cm³/mol. The van der Waals surface area contributed by atoms with Crippen molar-refractivity contribution >= 4 is 11.3 Å². The topological polar surface area (TPSA) is 29.3 Å². The summed E-state index contributed by atoms with van der Waals surface area (Å²) in [5.74, 6) is 0. The fourth-order valence-corrected chi connectivity index (χ4v) is 2.58. The zero-order valence-electron chi connectivity index (χ0n) is 10.5. The molecule has 16 heavy (non-hydrogen) atoms. The maximum Gasteiger partial charge on any atom is 0.0215 e. The average molecular weight is 240 g/mol. The van der Waals surface area contributed by atoms with Crippen molar-refractivity contribution in [2.24, 2.45) is 5.73 Å². The van der Waals surface area contributed by atoms with Crippen LogP contribution < -0.4 is 5.73 Å². The Morgan fingerprint density at radius 2 is 2.31 bits per heavy atom. The lowest BCUT2D eigenvalue weighted by molar-refractivity contribution is 0.234. The van der Waals surface area contributed by atoms with Crippen LogP contribution in [-0.4, -0.2) is 31.1 Å². The Hall–Kier alpha value is -0.380. The molecule has 0 radical (unpaired) electrons. The molecule has 92 valence electrons. The van der Waals surface area contributed by atoms with Crippen LogP contribution in [-0.2, 0) is 6.42 Å². The number of hydrogen-bond acceptors (Lipinski definition) is 3. The van der Waals surface area contributed by atoms with Crippen LogP contribution >= 0.6 is 11.3 Å². The maximum absolute atomic E-state index is 5.82. The van der Waals surface area contributed by atoms with Crippen LogP contribution in [0.1, 0.15) is 31.1 Å². The molecule has 0 amide bonds. The molecule has 0 aromatic carbocycles. The van der Waals surface area contributed by atoms with Crippen molar-refractivity contribution in [3.8, 4) is 0 Å². The third-order valence-electron chi connectivity index (χ3n) is 3.08. The first kappa shape index (κ1) is 13.7. The Labute approximate surface area is 103 Å². The van der Waals surface area contributed by atoms with E-state index in [0.717, 1.165) is 19.5 Å². The molecule has 0 saturated heterocycles. The molecule has 1 atom stereocenters. The third kappa shape index (κ3) is 4.64. The second-order valence-electron chi connectivity index (χ2n) is 4.34. The zero-order valence-corrected chi connectivity index (χ0v) is 11.3. The van der Waals surface area contributed by atoms with Gasteiger partial charge in [0.2, 0.25) is 0 Å². The van der Waals surface area contributed by atoms with E-state index in [1.54, 1.807) is 0 Å². The summed E-state index contributed by atoms with van der Waals surface area (Å²) in [5.41, 5.74) is 5.82. The fourth-order valence-electron chi connectivity index (χ4n) is 1.88. The lowest BCUT2D eigenvalue weighted by atomic mass is 10.1. The molecule has 0 spiro atoms. The van der Waals surface area contributed by atoms with E-state index in [1.165, 1.54) is 24.1 Å². The number of rotatable bonds is 8. The first-order chi connectivity index (χ1) is 7.77. The van der Waals surface area contributed by atoms with Crippen molar-refractivity contribution in [2.45, 2.75) is 38.6 Å². The molecule has 1 heterocycles. The molecular formula is C13H24N2S. The molecule has 1 unspecified atom stereocenters. The SMILES string of the molecule is CCCCC(CN)N(C)CCc1cccs1. The van der Waals surface area contributed by atoms with Crippen molar-refractivity contribution in [1.29, 1.82) is 0 Å². The largest absolute Gasteiger partial charge is 0.329 e. The summed E-state index contributed by atoms with van der Waals surface area (Å²) in [6, 6.07) is 4.89. The van der Waals surface area contributed by atoms with Crippen molar-refractivity contribution < 1.29 is 0 Å². The lowest BCUT2D eigenvalue weighted by Gasteiger charge is -2.26. The standard InChI is InChI=1S/C13H24N2S/c1-3-4-6-12(11-14)15(2)9-8-13-7-5-10-16-13/h5,7,10,12H,3-4,6,8-9,11,14H2,1-2H3. The Morgan fingerprint density at radius 1 is 1.50 bits per heavy atom. The highest BCUT2D eigenvalue weighted by Gasteiger charge is 2.12. The van der Waals surface area contributed by atoms with Crippen molar-refractivity contribution in [2.75, 3.05) is 20.1 Å². The van der Waals surface area contributed by atoms with Crippen molar-refractivity contribution in [1.82, 2.24) is 4.90 Å².